The van der Waals surface area contributed by atoms with Gasteiger partial charge in [-0.05, 0) is 30.7 Å². The first-order valence-corrected chi connectivity index (χ1v) is 8.77. The van der Waals surface area contributed by atoms with Crippen LogP contribution in [-0.4, -0.2) is 32.7 Å². The Bertz CT molecular complexity index is 1010. The second-order valence-corrected chi connectivity index (χ2v) is 7.17. The third-order valence-electron chi connectivity index (χ3n) is 3.69. The van der Waals surface area contributed by atoms with Crippen LogP contribution in [0.1, 0.15) is 18.4 Å². The number of rotatable bonds is 5. The standard InChI is InChI=1S/C17H12FNO5S2/c18-10-3-4-12-11(7-10)15(22)9(8-24-12)6-13-16(23)19(17(25)26-13)5-1-2-14(20)21/h3-4,6-8H,1-2,5H2,(H,20,21). The monoisotopic (exact) mass is 393 g/mol. The van der Waals surface area contributed by atoms with E-state index in [1.165, 1.54) is 29.4 Å². The fourth-order valence-corrected chi connectivity index (χ4v) is 3.74. The van der Waals surface area contributed by atoms with Gasteiger partial charge in [0.2, 0.25) is 0 Å². The molecule has 1 aliphatic heterocycles. The molecule has 2 heterocycles. The van der Waals surface area contributed by atoms with E-state index < -0.39 is 23.1 Å². The number of fused-ring (bicyclic) bond motifs is 1. The topological polar surface area (TPSA) is 87.8 Å². The van der Waals surface area contributed by atoms with E-state index in [4.69, 9.17) is 21.7 Å². The van der Waals surface area contributed by atoms with Crippen LogP contribution in [0.25, 0.3) is 17.0 Å². The zero-order chi connectivity index (χ0) is 18.8. The number of thioether (sulfide) groups is 1. The average Bonchev–Trinajstić information content (AvgIpc) is 2.85. The van der Waals surface area contributed by atoms with Crippen molar-refractivity contribution in [2.45, 2.75) is 12.8 Å². The van der Waals surface area contributed by atoms with Crippen LogP contribution in [0.4, 0.5) is 4.39 Å². The zero-order valence-corrected chi connectivity index (χ0v) is 14.9. The van der Waals surface area contributed by atoms with E-state index in [9.17, 15) is 18.8 Å². The van der Waals surface area contributed by atoms with E-state index in [1.54, 1.807) is 0 Å². The predicted molar refractivity (Wildman–Crippen MR) is 99.2 cm³/mol. The maximum absolute atomic E-state index is 13.4. The van der Waals surface area contributed by atoms with Crippen LogP contribution in [0.5, 0.6) is 0 Å². The smallest absolute Gasteiger partial charge is 0.303 e. The molecule has 0 radical (unpaired) electrons. The molecule has 26 heavy (non-hydrogen) atoms. The Morgan fingerprint density at radius 1 is 1.38 bits per heavy atom. The number of hydrogen-bond acceptors (Lipinski definition) is 6. The van der Waals surface area contributed by atoms with Gasteiger partial charge in [0.05, 0.1) is 15.9 Å². The van der Waals surface area contributed by atoms with Crippen molar-refractivity contribution in [1.82, 2.24) is 4.90 Å². The van der Waals surface area contributed by atoms with Gasteiger partial charge < -0.3 is 9.52 Å². The van der Waals surface area contributed by atoms with Crippen LogP contribution < -0.4 is 5.43 Å². The van der Waals surface area contributed by atoms with E-state index in [0.717, 1.165) is 17.8 Å². The van der Waals surface area contributed by atoms with Crippen molar-refractivity contribution in [3.8, 4) is 0 Å². The van der Waals surface area contributed by atoms with Gasteiger partial charge in [-0.3, -0.25) is 19.3 Å². The summed E-state index contributed by atoms with van der Waals surface area (Å²) in [5.41, 5.74) is -0.106. The summed E-state index contributed by atoms with van der Waals surface area (Å²) in [4.78, 5) is 37.0. The number of carboxylic acid groups (broad SMARTS) is 1. The molecule has 9 heteroatoms. The minimum Gasteiger partial charge on any atom is -0.481 e. The molecule has 0 aliphatic carbocycles. The number of halogens is 1. The van der Waals surface area contributed by atoms with E-state index in [-0.39, 0.29) is 40.8 Å². The lowest BCUT2D eigenvalue weighted by Crippen LogP contribution is -2.29. The number of carboxylic acids is 1. The molecule has 1 N–H and O–H groups in total. The van der Waals surface area contributed by atoms with Gasteiger partial charge in [-0.15, -0.1) is 0 Å². The third kappa shape index (κ3) is 3.68. The second-order valence-electron chi connectivity index (χ2n) is 5.49. The molecule has 0 bridgehead atoms. The average molecular weight is 393 g/mol. The molecule has 0 unspecified atom stereocenters. The summed E-state index contributed by atoms with van der Waals surface area (Å²) >= 11 is 6.17. The quantitative estimate of drug-likeness (QED) is 0.617. The minimum absolute atomic E-state index is 0.0735. The summed E-state index contributed by atoms with van der Waals surface area (Å²) < 4.78 is 19.0. The Balaban J connectivity index is 1.88. The lowest BCUT2D eigenvalue weighted by atomic mass is 10.1. The summed E-state index contributed by atoms with van der Waals surface area (Å²) in [6, 6.07) is 3.63. The maximum Gasteiger partial charge on any atom is 0.303 e. The second kappa shape index (κ2) is 7.38. The number of nitrogens with zero attached hydrogens (tertiary/aromatic N) is 1. The van der Waals surface area contributed by atoms with Gasteiger partial charge in [0, 0.05) is 13.0 Å². The first-order chi connectivity index (χ1) is 12.4. The Kier molecular flexibility index (Phi) is 5.19. The fraction of sp³-hybridized carbons (Fsp3) is 0.176. The highest BCUT2D eigenvalue weighted by molar-refractivity contribution is 8.26. The molecule has 1 aliphatic rings. The molecular weight excluding hydrogens is 381 g/mol. The van der Waals surface area contributed by atoms with Crippen LogP contribution >= 0.6 is 24.0 Å². The SMILES string of the molecule is O=C(O)CCCN1C(=O)C(=Cc2coc3ccc(F)cc3c2=O)SC1=S. The van der Waals surface area contributed by atoms with Crippen LogP contribution in [0, 0.1) is 5.82 Å². The summed E-state index contributed by atoms with van der Waals surface area (Å²) in [5.74, 6) is -1.91. The molecule has 0 atom stereocenters. The molecule has 3 rings (SSSR count). The van der Waals surface area contributed by atoms with Crippen LogP contribution in [-0.2, 0) is 9.59 Å². The van der Waals surface area contributed by atoms with Crippen molar-refractivity contribution in [3.05, 3.63) is 51.0 Å². The number of aliphatic carboxylic acids is 1. The molecular formula is C17H12FNO5S2. The van der Waals surface area contributed by atoms with E-state index >= 15 is 0 Å². The van der Waals surface area contributed by atoms with Crippen molar-refractivity contribution in [1.29, 1.82) is 0 Å². The van der Waals surface area contributed by atoms with Gasteiger partial charge in [-0.1, -0.05) is 24.0 Å². The van der Waals surface area contributed by atoms with Crippen LogP contribution in [0.2, 0.25) is 0 Å². The molecule has 1 saturated heterocycles. The molecule has 6 nitrogen and oxygen atoms in total. The van der Waals surface area contributed by atoms with Crippen molar-refractivity contribution in [2.75, 3.05) is 6.54 Å². The predicted octanol–water partition coefficient (Wildman–Crippen LogP) is 3.00. The molecule has 1 amide bonds. The number of hydrogen-bond donors (Lipinski definition) is 1. The van der Waals surface area contributed by atoms with E-state index in [2.05, 4.69) is 0 Å². The number of benzene rings is 1. The molecule has 1 aromatic heterocycles. The van der Waals surface area contributed by atoms with E-state index in [0.29, 0.717) is 4.32 Å². The summed E-state index contributed by atoms with van der Waals surface area (Å²) in [7, 11) is 0. The van der Waals surface area contributed by atoms with Crippen molar-refractivity contribution in [2.24, 2.45) is 0 Å². The third-order valence-corrected chi connectivity index (χ3v) is 5.07. The van der Waals surface area contributed by atoms with E-state index in [1.807, 2.05) is 0 Å². The number of carbonyl (C=O) groups is 2. The van der Waals surface area contributed by atoms with Crippen LogP contribution in [0.15, 0.2) is 38.6 Å². The lowest BCUT2D eigenvalue weighted by molar-refractivity contribution is -0.137. The molecule has 1 fully saturated rings. The summed E-state index contributed by atoms with van der Waals surface area (Å²) in [6.45, 7) is 0.186. The zero-order valence-electron chi connectivity index (χ0n) is 13.2. The minimum atomic E-state index is -0.952. The Labute approximate surface area is 156 Å². The van der Waals surface area contributed by atoms with Gasteiger partial charge in [0.25, 0.3) is 5.91 Å². The highest BCUT2D eigenvalue weighted by Crippen LogP contribution is 2.32. The van der Waals surface area contributed by atoms with Gasteiger partial charge in [-0.2, -0.15) is 0 Å². The first kappa shape index (κ1) is 18.3. The highest BCUT2D eigenvalue weighted by atomic mass is 32.2. The Morgan fingerprint density at radius 3 is 2.88 bits per heavy atom. The Morgan fingerprint density at radius 2 is 2.15 bits per heavy atom. The number of amides is 1. The molecule has 0 spiro atoms. The van der Waals surface area contributed by atoms with Gasteiger partial charge in [-0.25, -0.2) is 4.39 Å². The highest BCUT2D eigenvalue weighted by Gasteiger charge is 2.31. The van der Waals surface area contributed by atoms with Crippen LogP contribution in [0.3, 0.4) is 0 Å². The summed E-state index contributed by atoms with van der Waals surface area (Å²) in [6.07, 6.45) is 2.76. The van der Waals surface area contributed by atoms with Gasteiger partial charge in [0.15, 0.2) is 5.43 Å². The fourth-order valence-electron chi connectivity index (χ4n) is 2.44. The van der Waals surface area contributed by atoms with Crippen molar-refractivity contribution >= 4 is 57.2 Å². The first-order valence-electron chi connectivity index (χ1n) is 7.55. The molecule has 1 aromatic carbocycles. The number of carbonyl (C=O) groups excluding carboxylic acids is 1. The lowest BCUT2D eigenvalue weighted by Gasteiger charge is -2.13. The van der Waals surface area contributed by atoms with Gasteiger partial charge in [0.1, 0.15) is 22.0 Å². The number of thiocarbonyl (C=S) groups is 1. The molecule has 0 saturated carbocycles. The van der Waals surface area contributed by atoms with Crippen molar-refractivity contribution in [3.63, 3.8) is 0 Å². The normalized spacial score (nSPS) is 16.0. The van der Waals surface area contributed by atoms with Gasteiger partial charge >= 0.3 is 5.97 Å². The molecule has 2 aromatic rings. The molecule has 134 valence electrons. The largest absolute Gasteiger partial charge is 0.481 e. The Hall–Kier alpha value is -2.52. The van der Waals surface area contributed by atoms with Crippen molar-refractivity contribution < 1.29 is 23.5 Å². The maximum atomic E-state index is 13.4. The summed E-state index contributed by atoms with van der Waals surface area (Å²) in [5, 5.41) is 8.76.